The molecule has 0 saturated carbocycles. The zero-order chi connectivity index (χ0) is 8.72. The Morgan fingerprint density at radius 3 is 2.92 bits per heavy atom. The van der Waals surface area contributed by atoms with E-state index < -0.39 is 0 Å². The molecule has 0 N–H and O–H groups in total. The molecule has 0 unspecified atom stereocenters. The van der Waals surface area contributed by atoms with Crippen molar-refractivity contribution in [3.8, 4) is 0 Å². The van der Waals surface area contributed by atoms with Gasteiger partial charge >= 0.3 is 0 Å². The van der Waals surface area contributed by atoms with Crippen LogP contribution in [0.3, 0.4) is 0 Å². The summed E-state index contributed by atoms with van der Waals surface area (Å²) in [4.78, 5) is 0. The Labute approximate surface area is 84.7 Å². The van der Waals surface area contributed by atoms with Crippen LogP contribution in [0.1, 0.15) is 5.56 Å². The third kappa shape index (κ3) is 1.12. The van der Waals surface area contributed by atoms with Gasteiger partial charge in [-0.2, -0.15) is 5.10 Å². The summed E-state index contributed by atoms with van der Waals surface area (Å²) >= 11 is 2.34. The van der Waals surface area contributed by atoms with E-state index in [1.54, 1.807) is 0 Å². The van der Waals surface area contributed by atoms with E-state index >= 15 is 0 Å². The lowest BCUT2D eigenvalue weighted by Crippen LogP contribution is -1.89. The molecule has 0 bridgehead atoms. The molecule has 1 heterocycles. The van der Waals surface area contributed by atoms with Crippen LogP contribution in [0.2, 0.25) is 0 Å². The fraction of sp³-hybridized carbons (Fsp3) is 0.222. The molecule has 12 heavy (non-hydrogen) atoms. The molecule has 0 aliphatic rings. The summed E-state index contributed by atoms with van der Waals surface area (Å²) < 4.78 is 3.20. The van der Waals surface area contributed by atoms with E-state index in [4.69, 9.17) is 0 Å². The minimum Gasteiger partial charge on any atom is -0.268 e. The molecule has 0 aliphatic heterocycles. The highest BCUT2D eigenvalue weighted by Crippen LogP contribution is 2.19. The van der Waals surface area contributed by atoms with Crippen molar-refractivity contribution in [3.05, 3.63) is 27.5 Å². The number of nitrogens with zero attached hydrogens (tertiary/aromatic N) is 2. The highest BCUT2D eigenvalue weighted by Gasteiger charge is 2.01. The first-order valence-corrected chi connectivity index (χ1v) is 4.84. The minimum atomic E-state index is 1.20. The van der Waals surface area contributed by atoms with Crippen molar-refractivity contribution in [3.63, 3.8) is 0 Å². The molecule has 62 valence electrons. The van der Waals surface area contributed by atoms with Crippen LogP contribution in [0.15, 0.2) is 18.3 Å². The summed E-state index contributed by atoms with van der Waals surface area (Å²) in [5.41, 5.74) is 2.51. The van der Waals surface area contributed by atoms with Crippen molar-refractivity contribution in [2.45, 2.75) is 6.92 Å². The number of rotatable bonds is 0. The SMILES string of the molecule is Cc1cc2c(cnn2C)cc1I. The smallest absolute Gasteiger partial charge is 0.0682 e. The molecule has 1 aromatic carbocycles. The van der Waals surface area contributed by atoms with Gasteiger partial charge in [-0.05, 0) is 47.2 Å². The molecule has 2 nitrogen and oxygen atoms in total. The van der Waals surface area contributed by atoms with Crippen LogP contribution in [0.5, 0.6) is 0 Å². The van der Waals surface area contributed by atoms with Gasteiger partial charge < -0.3 is 0 Å². The Bertz CT molecular complexity index is 431. The van der Waals surface area contributed by atoms with Gasteiger partial charge in [-0.25, -0.2) is 0 Å². The molecule has 0 spiro atoms. The molecular formula is C9H9IN2. The van der Waals surface area contributed by atoms with Crippen molar-refractivity contribution >= 4 is 33.5 Å². The average Bonchev–Trinajstić information content (AvgIpc) is 2.35. The van der Waals surface area contributed by atoms with Gasteiger partial charge in [-0.15, -0.1) is 0 Å². The Balaban J connectivity index is 2.87. The lowest BCUT2D eigenvalue weighted by atomic mass is 10.2. The topological polar surface area (TPSA) is 17.8 Å². The summed E-state index contributed by atoms with van der Waals surface area (Å²) in [6.45, 7) is 2.12. The van der Waals surface area contributed by atoms with Gasteiger partial charge in [0.2, 0.25) is 0 Å². The molecule has 0 fully saturated rings. The molecule has 0 aliphatic carbocycles. The van der Waals surface area contributed by atoms with E-state index in [0.29, 0.717) is 0 Å². The number of fused-ring (bicyclic) bond motifs is 1. The Kier molecular flexibility index (Phi) is 1.83. The fourth-order valence-corrected chi connectivity index (χ4v) is 1.77. The maximum atomic E-state index is 4.19. The van der Waals surface area contributed by atoms with Crippen molar-refractivity contribution in [1.82, 2.24) is 9.78 Å². The second-order valence-electron chi connectivity index (χ2n) is 2.93. The summed E-state index contributed by atoms with van der Waals surface area (Å²) in [5.74, 6) is 0. The molecule has 2 rings (SSSR count). The van der Waals surface area contributed by atoms with Crippen LogP contribution >= 0.6 is 22.6 Å². The number of aromatic nitrogens is 2. The molecule has 3 heteroatoms. The summed E-state index contributed by atoms with van der Waals surface area (Å²) in [6.07, 6.45) is 1.90. The first kappa shape index (κ1) is 8.04. The van der Waals surface area contributed by atoms with E-state index in [9.17, 15) is 0 Å². The van der Waals surface area contributed by atoms with Crippen LogP contribution in [0.4, 0.5) is 0 Å². The van der Waals surface area contributed by atoms with Crippen LogP contribution in [-0.4, -0.2) is 9.78 Å². The normalized spacial score (nSPS) is 10.9. The van der Waals surface area contributed by atoms with Gasteiger partial charge in [-0.3, -0.25) is 4.68 Å². The van der Waals surface area contributed by atoms with E-state index in [-0.39, 0.29) is 0 Å². The van der Waals surface area contributed by atoms with Gasteiger partial charge in [-0.1, -0.05) is 0 Å². The minimum absolute atomic E-state index is 1.20. The van der Waals surface area contributed by atoms with Gasteiger partial charge in [0.15, 0.2) is 0 Å². The number of hydrogen-bond acceptors (Lipinski definition) is 1. The van der Waals surface area contributed by atoms with Crippen molar-refractivity contribution in [1.29, 1.82) is 0 Å². The summed E-state index contributed by atoms with van der Waals surface area (Å²) in [7, 11) is 1.97. The van der Waals surface area contributed by atoms with Gasteiger partial charge in [0.1, 0.15) is 0 Å². The summed E-state index contributed by atoms with van der Waals surface area (Å²) in [6, 6.07) is 4.34. The third-order valence-electron chi connectivity index (χ3n) is 2.03. The monoisotopic (exact) mass is 272 g/mol. The summed E-state index contributed by atoms with van der Waals surface area (Å²) in [5, 5.41) is 5.41. The number of benzene rings is 1. The molecule has 0 atom stereocenters. The first-order valence-electron chi connectivity index (χ1n) is 3.76. The quantitative estimate of drug-likeness (QED) is 0.674. The van der Waals surface area contributed by atoms with Crippen molar-refractivity contribution in [2.24, 2.45) is 7.05 Å². The maximum absolute atomic E-state index is 4.19. The van der Waals surface area contributed by atoms with E-state index in [0.717, 1.165) is 0 Å². The molecule has 1 aromatic heterocycles. The predicted molar refractivity (Wildman–Crippen MR) is 58.2 cm³/mol. The average molecular weight is 272 g/mol. The van der Waals surface area contributed by atoms with E-state index in [1.807, 2.05) is 17.9 Å². The lowest BCUT2D eigenvalue weighted by molar-refractivity contribution is 0.796. The van der Waals surface area contributed by atoms with Crippen LogP contribution in [0, 0.1) is 10.5 Å². The second-order valence-corrected chi connectivity index (χ2v) is 4.09. The molecule has 2 aromatic rings. The standard InChI is InChI=1S/C9H9IN2/c1-6-3-9-7(4-8(6)10)5-11-12(9)2/h3-5H,1-2H3. The predicted octanol–water partition coefficient (Wildman–Crippen LogP) is 2.49. The van der Waals surface area contributed by atoms with E-state index in [2.05, 4.69) is 46.7 Å². The number of aryl methyl sites for hydroxylation is 2. The third-order valence-corrected chi connectivity index (χ3v) is 3.19. The van der Waals surface area contributed by atoms with Crippen LogP contribution in [-0.2, 0) is 7.05 Å². The van der Waals surface area contributed by atoms with Crippen LogP contribution < -0.4 is 0 Å². The molecule has 0 amide bonds. The van der Waals surface area contributed by atoms with Gasteiger partial charge in [0.25, 0.3) is 0 Å². The largest absolute Gasteiger partial charge is 0.268 e. The highest BCUT2D eigenvalue weighted by atomic mass is 127. The van der Waals surface area contributed by atoms with Gasteiger partial charge in [0, 0.05) is 16.0 Å². The Morgan fingerprint density at radius 1 is 1.42 bits per heavy atom. The Morgan fingerprint density at radius 2 is 2.17 bits per heavy atom. The maximum Gasteiger partial charge on any atom is 0.0682 e. The molecular weight excluding hydrogens is 263 g/mol. The van der Waals surface area contributed by atoms with E-state index in [1.165, 1.54) is 20.0 Å². The Hall–Kier alpha value is -0.580. The first-order chi connectivity index (χ1) is 5.68. The van der Waals surface area contributed by atoms with Gasteiger partial charge in [0.05, 0.1) is 11.7 Å². The van der Waals surface area contributed by atoms with Crippen molar-refractivity contribution < 1.29 is 0 Å². The molecule has 0 saturated heterocycles. The zero-order valence-corrected chi connectivity index (χ0v) is 9.16. The second kappa shape index (κ2) is 2.73. The molecule has 0 radical (unpaired) electrons. The fourth-order valence-electron chi connectivity index (χ4n) is 1.28. The van der Waals surface area contributed by atoms with Crippen molar-refractivity contribution in [2.75, 3.05) is 0 Å². The number of halogens is 1. The number of hydrogen-bond donors (Lipinski definition) is 0. The van der Waals surface area contributed by atoms with Crippen LogP contribution in [0.25, 0.3) is 10.9 Å². The lowest BCUT2D eigenvalue weighted by Gasteiger charge is -1.98. The zero-order valence-electron chi connectivity index (χ0n) is 7.00. The highest BCUT2D eigenvalue weighted by molar-refractivity contribution is 14.1.